The van der Waals surface area contributed by atoms with Gasteiger partial charge in [0.15, 0.2) is 11.4 Å². The molecule has 2 aromatic carbocycles. The molecule has 3 atom stereocenters. The number of fused-ring (bicyclic) bond motifs is 3. The average molecular weight is 545 g/mol. The molecule has 0 fully saturated rings. The molecule has 0 saturated carbocycles. The van der Waals surface area contributed by atoms with Crippen molar-refractivity contribution in [1.29, 1.82) is 0 Å². The number of carbonyl (C=O) groups is 1. The minimum atomic E-state index is -4.70. The zero-order valence-corrected chi connectivity index (χ0v) is 21.7. The largest absolute Gasteiger partial charge is 0.503 e. The Labute approximate surface area is 222 Å². The Morgan fingerprint density at radius 1 is 1.13 bits per heavy atom. The van der Waals surface area contributed by atoms with Gasteiger partial charge in [0, 0.05) is 40.9 Å². The summed E-state index contributed by atoms with van der Waals surface area (Å²) in [6, 6.07) is 11.7. The maximum absolute atomic E-state index is 13.9. The molecular formula is C28H27F3N2O4S. The van der Waals surface area contributed by atoms with E-state index in [0.717, 1.165) is 45.9 Å². The Kier molecular flexibility index (Phi) is 6.94. The summed E-state index contributed by atoms with van der Waals surface area (Å²) < 4.78 is 49.4. The minimum Gasteiger partial charge on any atom is -0.503 e. The predicted octanol–water partition coefficient (Wildman–Crippen LogP) is 5.73. The molecule has 1 unspecified atom stereocenters. The fraction of sp³-hybridized carbons (Fsp3) is 0.357. The highest BCUT2D eigenvalue weighted by Crippen LogP contribution is 2.50. The maximum Gasteiger partial charge on any atom is 0.408 e. The molecule has 0 spiro atoms. The van der Waals surface area contributed by atoms with Gasteiger partial charge in [-0.25, -0.2) is 0 Å². The summed E-state index contributed by atoms with van der Waals surface area (Å²) in [6.07, 6.45) is -2.53. The number of hydrogen-bond acceptors (Lipinski definition) is 5. The number of thioether (sulfide) groups is 1. The van der Waals surface area contributed by atoms with E-state index in [9.17, 15) is 27.9 Å². The van der Waals surface area contributed by atoms with Crippen LogP contribution in [0.2, 0.25) is 0 Å². The maximum atomic E-state index is 13.9. The van der Waals surface area contributed by atoms with Gasteiger partial charge in [-0.15, -0.1) is 11.8 Å². The van der Waals surface area contributed by atoms with E-state index in [-0.39, 0.29) is 6.54 Å². The Morgan fingerprint density at radius 2 is 1.89 bits per heavy atom. The molecule has 1 N–H and O–H groups in total. The molecule has 5 rings (SSSR count). The Morgan fingerprint density at radius 3 is 2.63 bits per heavy atom. The van der Waals surface area contributed by atoms with Crippen LogP contribution in [0.1, 0.15) is 59.4 Å². The van der Waals surface area contributed by atoms with Gasteiger partial charge < -0.3 is 19.3 Å². The van der Waals surface area contributed by atoms with E-state index in [1.165, 1.54) is 10.8 Å². The zero-order chi connectivity index (χ0) is 27.2. The lowest BCUT2D eigenvalue weighted by Crippen LogP contribution is -2.54. The van der Waals surface area contributed by atoms with Gasteiger partial charge in [0.1, 0.15) is 11.8 Å². The van der Waals surface area contributed by atoms with Crippen LogP contribution in [0.4, 0.5) is 13.2 Å². The molecule has 0 saturated heterocycles. The first-order valence-electron chi connectivity index (χ1n) is 12.4. The third-order valence-electron chi connectivity index (χ3n) is 7.20. The second kappa shape index (κ2) is 10.1. The average Bonchev–Trinajstić information content (AvgIpc) is 3.06. The first-order chi connectivity index (χ1) is 18.1. The van der Waals surface area contributed by atoms with Crippen molar-refractivity contribution in [3.8, 4) is 11.5 Å². The van der Waals surface area contributed by atoms with Crippen LogP contribution in [0.15, 0.2) is 64.4 Å². The number of aromatic hydroxyl groups is 1. The summed E-state index contributed by atoms with van der Waals surface area (Å²) in [7, 11) is 0. The topological polar surface area (TPSA) is 71.8 Å². The number of amides is 1. The molecule has 2 aliphatic heterocycles. The molecule has 1 amide bonds. The van der Waals surface area contributed by atoms with Crippen LogP contribution in [0.5, 0.6) is 11.5 Å². The fourth-order valence-corrected chi connectivity index (χ4v) is 6.40. The Balaban J connectivity index is 1.79. The van der Waals surface area contributed by atoms with Crippen molar-refractivity contribution in [2.75, 3.05) is 13.2 Å². The van der Waals surface area contributed by atoms with Crippen molar-refractivity contribution >= 4 is 17.7 Å². The third kappa shape index (κ3) is 4.44. The summed E-state index contributed by atoms with van der Waals surface area (Å²) >= 11 is 1.63. The summed E-state index contributed by atoms with van der Waals surface area (Å²) in [5.74, 6) is -1.16. The van der Waals surface area contributed by atoms with Gasteiger partial charge in [-0.05, 0) is 36.6 Å². The van der Waals surface area contributed by atoms with Gasteiger partial charge in [-0.1, -0.05) is 37.3 Å². The third-order valence-corrected chi connectivity index (χ3v) is 8.34. The van der Waals surface area contributed by atoms with Crippen molar-refractivity contribution in [3.05, 3.63) is 87.3 Å². The second-order valence-electron chi connectivity index (χ2n) is 9.51. The van der Waals surface area contributed by atoms with Crippen LogP contribution in [-0.2, 0) is 5.75 Å². The first kappa shape index (κ1) is 26.2. The Bertz CT molecular complexity index is 1440. The highest BCUT2D eigenvalue weighted by Gasteiger charge is 2.48. The fourth-order valence-electron chi connectivity index (χ4n) is 5.30. The zero-order valence-electron chi connectivity index (χ0n) is 20.9. The van der Waals surface area contributed by atoms with Crippen molar-refractivity contribution in [2.24, 2.45) is 0 Å². The van der Waals surface area contributed by atoms with Gasteiger partial charge in [0.25, 0.3) is 5.91 Å². The number of halogens is 3. The molecule has 2 aliphatic rings. The summed E-state index contributed by atoms with van der Waals surface area (Å²) in [4.78, 5) is 27.4. The van der Waals surface area contributed by atoms with Crippen molar-refractivity contribution in [2.45, 2.75) is 55.1 Å². The molecule has 10 heteroatoms. The standard InChI is InChI=1S/C28H27F3N2O4S/c1-3-13-37-21-9-6-7-17-15-38-22-10-5-4-8-18(22)24(23(17)21)19-14-33(16(2)28(29,30)31)27(36)25-26(35)20(34)11-12-32(19)25/h4-12,16,19,24,35H,3,13-15H2,1-2H3/t16-,19?,24+/m1/s1. The molecule has 3 aromatic rings. The number of carbonyl (C=O) groups excluding carboxylic acids is 1. The minimum absolute atomic E-state index is 0.278. The van der Waals surface area contributed by atoms with Crippen molar-refractivity contribution in [1.82, 2.24) is 9.47 Å². The van der Waals surface area contributed by atoms with Crippen LogP contribution in [-0.4, -0.2) is 45.9 Å². The molecular weight excluding hydrogens is 517 g/mol. The van der Waals surface area contributed by atoms with E-state index >= 15 is 0 Å². The number of pyridine rings is 1. The molecule has 3 heterocycles. The van der Waals surface area contributed by atoms with Crippen LogP contribution in [0.3, 0.4) is 0 Å². The van der Waals surface area contributed by atoms with Gasteiger partial charge >= 0.3 is 6.18 Å². The van der Waals surface area contributed by atoms with Crippen molar-refractivity contribution in [3.63, 3.8) is 0 Å². The second-order valence-corrected chi connectivity index (χ2v) is 10.5. The highest BCUT2D eigenvalue weighted by molar-refractivity contribution is 7.98. The van der Waals surface area contributed by atoms with Crippen molar-refractivity contribution < 1.29 is 27.8 Å². The summed E-state index contributed by atoms with van der Waals surface area (Å²) in [6.45, 7) is 3.09. The molecule has 1 aromatic heterocycles. The molecule has 0 aliphatic carbocycles. The molecule has 38 heavy (non-hydrogen) atoms. The number of benzene rings is 2. The smallest absolute Gasteiger partial charge is 0.408 e. The Hall–Kier alpha value is -3.40. The van der Waals surface area contributed by atoms with Crippen LogP contribution < -0.4 is 10.2 Å². The van der Waals surface area contributed by atoms with E-state index in [4.69, 9.17) is 4.74 Å². The highest BCUT2D eigenvalue weighted by atomic mass is 32.2. The lowest BCUT2D eigenvalue weighted by atomic mass is 9.80. The SMILES string of the molecule is CCCOc1cccc2c1[C@H](C1CN([C@H](C)C(F)(F)F)C(=O)c3c(O)c(=O)ccn31)c1ccccc1SC2. The number of rotatable bonds is 5. The number of hydrogen-bond donors (Lipinski definition) is 1. The lowest BCUT2D eigenvalue weighted by Gasteiger charge is -2.43. The van der Waals surface area contributed by atoms with Gasteiger partial charge in [0.2, 0.25) is 5.43 Å². The molecule has 0 bridgehead atoms. The molecule has 200 valence electrons. The number of ether oxygens (including phenoxy) is 1. The first-order valence-corrected chi connectivity index (χ1v) is 13.4. The molecule has 0 radical (unpaired) electrons. The van der Waals surface area contributed by atoms with Gasteiger partial charge in [-0.3, -0.25) is 9.59 Å². The van der Waals surface area contributed by atoms with Gasteiger partial charge in [0.05, 0.1) is 12.6 Å². The van der Waals surface area contributed by atoms with E-state index in [2.05, 4.69) is 0 Å². The number of alkyl halides is 3. The number of aromatic nitrogens is 1. The van der Waals surface area contributed by atoms with Gasteiger partial charge in [-0.2, -0.15) is 13.2 Å². The lowest BCUT2D eigenvalue weighted by molar-refractivity contribution is -0.174. The quantitative estimate of drug-likeness (QED) is 0.444. The van der Waals surface area contributed by atoms with Crippen LogP contribution in [0.25, 0.3) is 0 Å². The van der Waals surface area contributed by atoms with E-state index in [1.807, 2.05) is 49.4 Å². The van der Waals surface area contributed by atoms with E-state index in [1.54, 1.807) is 11.8 Å². The van der Waals surface area contributed by atoms with Crippen LogP contribution >= 0.6 is 11.8 Å². The molecule has 6 nitrogen and oxygen atoms in total. The van der Waals surface area contributed by atoms with E-state index < -0.39 is 47.0 Å². The normalized spacial score (nSPS) is 19.7. The number of nitrogens with zero attached hydrogens (tertiary/aromatic N) is 2. The summed E-state index contributed by atoms with van der Waals surface area (Å²) in [5, 5.41) is 10.7. The van der Waals surface area contributed by atoms with Crippen LogP contribution in [0, 0.1) is 0 Å². The predicted molar refractivity (Wildman–Crippen MR) is 138 cm³/mol. The van der Waals surface area contributed by atoms with E-state index in [0.29, 0.717) is 18.1 Å². The summed E-state index contributed by atoms with van der Waals surface area (Å²) in [5.41, 5.74) is 1.43. The monoisotopic (exact) mass is 544 g/mol.